The van der Waals surface area contributed by atoms with Crippen LogP contribution in [0.3, 0.4) is 0 Å². The van der Waals surface area contributed by atoms with E-state index >= 15 is 0 Å². The molecule has 0 aromatic heterocycles. The van der Waals surface area contributed by atoms with Crippen LogP contribution >= 0.6 is 0 Å². The molecular weight excluding hydrogens is 348 g/mol. The summed E-state index contributed by atoms with van der Waals surface area (Å²) in [5.41, 5.74) is 2.24. The zero-order valence-electron chi connectivity index (χ0n) is 14.9. The fraction of sp³-hybridized carbons (Fsp3) is 0.200. The quantitative estimate of drug-likeness (QED) is 0.478. The number of benzene rings is 2. The first kappa shape index (κ1) is 18.3. The van der Waals surface area contributed by atoms with Gasteiger partial charge < -0.3 is 10.2 Å². The first-order valence-corrected chi connectivity index (χ1v) is 8.33. The first-order valence-electron chi connectivity index (χ1n) is 8.33. The lowest BCUT2D eigenvalue weighted by atomic mass is 9.81. The standard InChI is InChI=1S/C20H18N2O5/c1-20(2)15-5-3-4-6-16(15)21(12-19(24)25)18(20)10-7-13-11-14(22(26)27)8-9-17(13)23/h3-11H,12H2,1-2H3,(H,24,25)/p+1. The van der Waals surface area contributed by atoms with Crippen molar-refractivity contribution in [1.29, 1.82) is 0 Å². The molecule has 0 atom stereocenters. The van der Waals surface area contributed by atoms with Crippen molar-refractivity contribution in [3.8, 4) is 5.75 Å². The van der Waals surface area contributed by atoms with Crippen LogP contribution in [0.1, 0.15) is 25.0 Å². The zero-order valence-corrected chi connectivity index (χ0v) is 14.9. The van der Waals surface area contributed by atoms with Gasteiger partial charge in [-0.2, -0.15) is 4.58 Å². The topological polar surface area (TPSA) is 104 Å². The number of non-ortho nitro benzene ring substituents is 1. The Morgan fingerprint density at radius 2 is 1.93 bits per heavy atom. The number of carboxylic acid groups (broad SMARTS) is 1. The molecule has 0 saturated heterocycles. The lowest BCUT2D eigenvalue weighted by molar-refractivity contribution is -0.427. The Morgan fingerprint density at radius 3 is 2.59 bits per heavy atom. The fourth-order valence-corrected chi connectivity index (χ4v) is 3.40. The highest BCUT2D eigenvalue weighted by atomic mass is 16.6. The van der Waals surface area contributed by atoms with E-state index in [0.717, 1.165) is 17.0 Å². The molecule has 0 aliphatic carbocycles. The van der Waals surface area contributed by atoms with Gasteiger partial charge in [0.1, 0.15) is 5.75 Å². The Labute approximate surface area is 155 Å². The number of phenolic OH excluding ortho intramolecular Hbond substituents is 1. The number of carboxylic acids is 1. The van der Waals surface area contributed by atoms with Crippen LogP contribution in [-0.2, 0) is 10.2 Å². The summed E-state index contributed by atoms with van der Waals surface area (Å²) >= 11 is 0. The number of phenols is 1. The Balaban J connectivity index is 2.11. The van der Waals surface area contributed by atoms with E-state index in [4.69, 9.17) is 0 Å². The Bertz CT molecular complexity index is 1010. The average Bonchev–Trinajstić information content (AvgIpc) is 2.81. The minimum atomic E-state index is -0.966. The van der Waals surface area contributed by atoms with Crippen molar-refractivity contribution >= 4 is 29.1 Å². The maximum absolute atomic E-state index is 11.4. The summed E-state index contributed by atoms with van der Waals surface area (Å²) in [7, 11) is 0. The lowest BCUT2D eigenvalue weighted by Gasteiger charge is -2.15. The van der Waals surface area contributed by atoms with Crippen molar-refractivity contribution in [2.75, 3.05) is 6.54 Å². The number of nitro benzene ring substituents is 1. The molecule has 0 unspecified atom stereocenters. The molecule has 0 bridgehead atoms. The molecule has 0 amide bonds. The van der Waals surface area contributed by atoms with Crippen LogP contribution in [0, 0.1) is 10.1 Å². The lowest BCUT2D eigenvalue weighted by Crippen LogP contribution is -2.29. The van der Waals surface area contributed by atoms with Crippen molar-refractivity contribution in [1.82, 2.24) is 0 Å². The third-order valence-electron chi connectivity index (χ3n) is 4.74. The number of allylic oxidation sites excluding steroid dienone is 1. The normalized spacial score (nSPS) is 15.2. The molecule has 1 aliphatic heterocycles. The summed E-state index contributed by atoms with van der Waals surface area (Å²) < 4.78 is 1.71. The van der Waals surface area contributed by atoms with E-state index in [2.05, 4.69) is 0 Å². The Hall–Kier alpha value is -3.48. The molecule has 7 nitrogen and oxygen atoms in total. The number of hydrogen-bond acceptors (Lipinski definition) is 4. The Kier molecular flexibility index (Phi) is 4.53. The summed E-state index contributed by atoms with van der Waals surface area (Å²) in [6.07, 6.45) is 3.28. The van der Waals surface area contributed by atoms with E-state index in [9.17, 15) is 25.1 Å². The van der Waals surface area contributed by atoms with E-state index in [1.54, 1.807) is 16.7 Å². The first-order chi connectivity index (χ1) is 12.7. The number of hydrogen-bond donors (Lipinski definition) is 2. The number of aromatic hydroxyl groups is 1. The summed E-state index contributed by atoms with van der Waals surface area (Å²) in [5.74, 6) is -1.05. The van der Waals surface area contributed by atoms with Crippen molar-refractivity contribution in [3.05, 3.63) is 69.8 Å². The van der Waals surface area contributed by atoms with Gasteiger partial charge in [0.25, 0.3) is 5.69 Å². The SMILES string of the molecule is CC1(C)C(/C=C/c2cc([N+](=O)[O-])ccc2O)=[N+](CC(=O)O)c2ccccc21. The van der Waals surface area contributed by atoms with Crippen LogP contribution in [0.25, 0.3) is 6.08 Å². The van der Waals surface area contributed by atoms with Gasteiger partial charge in [-0.15, -0.1) is 0 Å². The van der Waals surface area contributed by atoms with Gasteiger partial charge in [-0.3, -0.25) is 10.1 Å². The third kappa shape index (κ3) is 3.31. The van der Waals surface area contributed by atoms with Gasteiger partial charge in [0.05, 0.1) is 10.3 Å². The van der Waals surface area contributed by atoms with E-state index in [-0.39, 0.29) is 18.0 Å². The second-order valence-corrected chi connectivity index (χ2v) is 6.84. The monoisotopic (exact) mass is 367 g/mol. The van der Waals surface area contributed by atoms with Gasteiger partial charge in [0.2, 0.25) is 12.2 Å². The van der Waals surface area contributed by atoms with Crippen molar-refractivity contribution < 1.29 is 24.5 Å². The van der Waals surface area contributed by atoms with E-state index in [1.165, 1.54) is 18.2 Å². The molecule has 0 saturated carbocycles. The molecule has 0 fully saturated rings. The Morgan fingerprint density at radius 1 is 1.22 bits per heavy atom. The second kappa shape index (κ2) is 6.68. The van der Waals surface area contributed by atoms with Crippen LogP contribution in [-0.4, -0.2) is 37.9 Å². The van der Waals surface area contributed by atoms with Gasteiger partial charge in [-0.05, 0) is 26.0 Å². The molecule has 3 rings (SSSR count). The molecule has 2 N–H and O–H groups in total. The number of para-hydroxylation sites is 1. The molecule has 1 heterocycles. The minimum Gasteiger partial charge on any atom is -0.507 e. The molecule has 2 aromatic carbocycles. The summed E-state index contributed by atoms with van der Waals surface area (Å²) in [5, 5.41) is 30.3. The highest BCUT2D eigenvalue weighted by molar-refractivity contribution is 6.05. The van der Waals surface area contributed by atoms with Gasteiger partial charge >= 0.3 is 5.97 Å². The predicted molar refractivity (Wildman–Crippen MR) is 101 cm³/mol. The third-order valence-corrected chi connectivity index (χ3v) is 4.74. The van der Waals surface area contributed by atoms with Gasteiger partial charge in [-0.25, -0.2) is 4.79 Å². The molecule has 0 spiro atoms. The molecule has 0 radical (unpaired) electrons. The predicted octanol–water partition coefficient (Wildman–Crippen LogP) is 3.47. The highest BCUT2D eigenvalue weighted by Crippen LogP contribution is 2.40. The highest BCUT2D eigenvalue weighted by Gasteiger charge is 2.44. The number of rotatable bonds is 5. The number of carbonyl (C=O) groups is 1. The zero-order chi connectivity index (χ0) is 19.8. The molecule has 27 heavy (non-hydrogen) atoms. The van der Waals surface area contributed by atoms with Crippen molar-refractivity contribution in [3.63, 3.8) is 0 Å². The molecular formula is C20H19N2O5+. The summed E-state index contributed by atoms with van der Waals surface area (Å²) in [4.78, 5) is 21.8. The van der Waals surface area contributed by atoms with E-state index in [0.29, 0.717) is 5.56 Å². The molecule has 7 heteroatoms. The number of fused-ring (bicyclic) bond motifs is 1. The smallest absolute Gasteiger partial charge is 0.370 e. The van der Waals surface area contributed by atoms with Crippen LogP contribution in [0.15, 0.2) is 48.5 Å². The number of nitrogens with zero attached hydrogens (tertiary/aromatic N) is 2. The van der Waals surface area contributed by atoms with Crippen LogP contribution in [0.2, 0.25) is 0 Å². The van der Waals surface area contributed by atoms with Crippen LogP contribution in [0.5, 0.6) is 5.75 Å². The van der Waals surface area contributed by atoms with Gasteiger partial charge in [-0.1, -0.05) is 18.2 Å². The minimum absolute atomic E-state index is 0.0875. The number of nitro groups is 1. The van der Waals surface area contributed by atoms with Crippen LogP contribution < -0.4 is 0 Å². The van der Waals surface area contributed by atoms with Crippen molar-refractivity contribution in [2.45, 2.75) is 19.3 Å². The van der Waals surface area contributed by atoms with E-state index in [1.807, 2.05) is 38.1 Å². The summed E-state index contributed by atoms with van der Waals surface area (Å²) in [6, 6.07) is 11.4. The summed E-state index contributed by atoms with van der Waals surface area (Å²) in [6.45, 7) is 3.77. The fourth-order valence-electron chi connectivity index (χ4n) is 3.40. The van der Waals surface area contributed by atoms with E-state index < -0.39 is 16.3 Å². The van der Waals surface area contributed by atoms with Crippen LogP contribution in [0.4, 0.5) is 11.4 Å². The number of aliphatic carboxylic acids is 1. The average molecular weight is 367 g/mol. The maximum atomic E-state index is 11.4. The van der Waals surface area contributed by atoms with Crippen molar-refractivity contribution in [2.24, 2.45) is 0 Å². The molecule has 2 aromatic rings. The molecule has 138 valence electrons. The second-order valence-electron chi connectivity index (χ2n) is 6.84. The molecule has 1 aliphatic rings. The van der Waals surface area contributed by atoms with Gasteiger partial charge in [0, 0.05) is 35.4 Å². The largest absolute Gasteiger partial charge is 0.507 e. The maximum Gasteiger partial charge on any atom is 0.370 e. The van der Waals surface area contributed by atoms with Gasteiger partial charge in [0.15, 0.2) is 5.71 Å².